The average Bonchev–Trinajstić information content (AvgIpc) is 2.39. The molecule has 0 aromatic carbocycles. The number of hydrogen-bond donors (Lipinski definition) is 1. The molecule has 0 saturated carbocycles. The molecule has 1 aliphatic rings. The van der Waals surface area contributed by atoms with E-state index in [2.05, 4.69) is 26.4 Å². The second kappa shape index (κ2) is 6.05. The summed E-state index contributed by atoms with van der Waals surface area (Å²) in [6.07, 6.45) is 3.17. The van der Waals surface area contributed by atoms with E-state index < -0.39 is 5.60 Å². The molecular formula is C11H21IN2O2. The summed E-state index contributed by atoms with van der Waals surface area (Å²) >= 11 is 2.16. The molecule has 1 rings (SSSR count). The van der Waals surface area contributed by atoms with Gasteiger partial charge in [-0.2, -0.15) is 0 Å². The SMILES string of the molecule is CC(C)(C)OC(=O)N1CCCCC(NI)C1. The minimum atomic E-state index is -0.406. The molecule has 0 aliphatic carbocycles. The van der Waals surface area contributed by atoms with E-state index in [1.807, 2.05) is 25.7 Å². The van der Waals surface area contributed by atoms with E-state index >= 15 is 0 Å². The van der Waals surface area contributed by atoms with Crippen molar-refractivity contribution < 1.29 is 9.53 Å². The third-order valence-electron chi connectivity index (χ3n) is 2.48. The highest BCUT2D eigenvalue weighted by Gasteiger charge is 2.25. The second-order valence-electron chi connectivity index (χ2n) is 5.23. The Morgan fingerprint density at radius 2 is 2.12 bits per heavy atom. The van der Waals surface area contributed by atoms with Crippen molar-refractivity contribution in [2.45, 2.75) is 51.7 Å². The Morgan fingerprint density at radius 1 is 1.44 bits per heavy atom. The van der Waals surface area contributed by atoms with Crippen molar-refractivity contribution in [2.24, 2.45) is 0 Å². The summed E-state index contributed by atoms with van der Waals surface area (Å²) in [4.78, 5) is 13.7. The number of halogens is 1. The van der Waals surface area contributed by atoms with Crippen molar-refractivity contribution >= 4 is 29.0 Å². The van der Waals surface area contributed by atoms with E-state index in [0.717, 1.165) is 25.9 Å². The molecule has 0 aromatic rings. The Kier molecular flexibility index (Phi) is 5.30. The summed E-state index contributed by atoms with van der Waals surface area (Å²) in [6.45, 7) is 7.26. The van der Waals surface area contributed by atoms with E-state index in [9.17, 15) is 4.79 Å². The molecule has 94 valence electrons. The monoisotopic (exact) mass is 340 g/mol. The van der Waals surface area contributed by atoms with Gasteiger partial charge in [0.05, 0.1) is 0 Å². The molecule has 0 bridgehead atoms. The van der Waals surface area contributed by atoms with Gasteiger partial charge in [-0.1, -0.05) is 6.42 Å². The summed E-state index contributed by atoms with van der Waals surface area (Å²) in [7, 11) is 0. The van der Waals surface area contributed by atoms with Crippen LogP contribution in [0.5, 0.6) is 0 Å². The van der Waals surface area contributed by atoms with Gasteiger partial charge in [-0.05, 0) is 33.6 Å². The maximum absolute atomic E-state index is 11.9. The number of nitrogens with one attached hydrogen (secondary N) is 1. The van der Waals surface area contributed by atoms with Gasteiger partial charge in [-0.3, -0.25) is 3.53 Å². The number of likely N-dealkylation sites (tertiary alicyclic amines) is 1. The first-order valence-corrected chi connectivity index (χ1v) is 6.84. The Balaban J connectivity index is 2.53. The number of amides is 1. The third-order valence-corrected chi connectivity index (χ3v) is 3.36. The zero-order valence-corrected chi connectivity index (χ0v) is 12.4. The zero-order chi connectivity index (χ0) is 12.2. The minimum Gasteiger partial charge on any atom is -0.444 e. The maximum atomic E-state index is 11.9. The number of carbonyl (C=O) groups excluding carboxylic acids is 1. The molecule has 1 atom stereocenters. The van der Waals surface area contributed by atoms with Crippen LogP contribution in [-0.2, 0) is 4.74 Å². The smallest absolute Gasteiger partial charge is 0.410 e. The molecule has 1 N–H and O–H groups in total. The van der Waals surface area contributed by atoms with Gasteiger partial charge in [0.1, 0.15) is 5.60 Å². The second-order valence-corrected chi connectivity index (χ2v) is 5.85. The molecule has 0 spiro atoms. The number of ether oxygens (including phenoxy) is 1. The fourth-order valence-corrected chi connectivity index (χ4v) is 2.23. The van der Waals surface area contributed by atoms with Crippen molar-refractivity contribution in [1.82, 2.24) is 8.43 Å². The average molecular weight is 340 g/mol. The van der Waals surface area contributed by atoms with Crippen molar-refractivity contribution in [1.29, 1.82) is 0 Å². The summed E-state index contributed by atoms with van der Waals surface area (Å²) in [5.41, 5.74) is -0.406. The van der Waals surface area contributed by atoms with Crippen LogP contribution < -0.4 is 3.53 Å². The quantitative estimate of drug-likeness (QED) is 0.590. The van der Waals surface area contributed by atoms with Crippen LogP contribution in [-0.4, -0.2) is 35.7 Å². The molecule has 1 heterocycles. The van der Waals surface area contributed by atoms with Crippen LogP contribution >= 0.6 is 22.9 Å². The molecule has 0 aromatic heterocycles. The van der Waals surface area contributed by atoms with Crippen molar-refractivity contribution in [3.05, 3.63) is 0 Å². The normalized spacial score (nSPS) is 22.8. The van der Waals surface area contributed by atoms with Crippen LogP contribution in [0.4, 0.5) is 4.79 Å². The summed E-state index contributed by atoms with van der Waals surface area (Å²) in [5, 5.41) is 0. The number of carbonyl (C=O) groups is 1. The zero-order valence-electron chi connectivity index (χ0n) is 10.3. The van der Waals surface area contributed by atoms with Crippen LogP contribution in [0.25, 0.3) is 0 Å². The number of nitrogens with zero attached hydrogens (tertiary/aromatic N) is 1. The molecular weight excluding hydrogens is 319 g/mol. The van der Waals surface area contributed by atoms with E-state index in [1.165, 1.54) is 6.42 Å². The van der Waals surface area contributed by atoms with Crippen LogP contribution in [0.15, 0.2) is 0 Å². The van der Waals surface area contributed by atoms with Crippen molar-refractivity contribution in [3.8, 4) is 0 Å². The van der Waals surface area contributed by atoms with E-state index in [0.29, 0.717) is 6.04 Å². The fourth-order valence-electron chi connectivity index (χ4n) is 1.72. The van der Waals surface area contributed by atoms with Crippen molar-refractivity contribution in [2.75, 3.05) is 13.1 Å². The van der Waals surface area contributed by atoms with Crippen LogP contribution in [0, 0.1) is 0 Å². The third kappa shape index (κ3) is 4.86. The molecule has 1 aliphatic heterocycles. The van der Waals surface area contributed by atoms with Crippen LogP contribution in [0.1, 0.15) is 40.0 Å². The minimum absolute atomic E-state index is 0.189. The molecule has 1 amide bonds. The fraction of sp³-hybridized carbons (Fsp3) is 0.909. The lowest BCUT2D eigenvalue weighted by Gasteiger charge is -2.27. The molecule has 1 unspecified atom stereocenters. The first-order valence-electron chi connectivity index (χ1n) is 5.76. The van der Waals surface area contributed by atoms with Crippen LogP contribution in [0.3, 0.4) is 0 Å². The predicted molar refractivity (Wildman–Crippen MR) is 72.6 cm³/mol. The van der Waals surface area contributed by atoms with E-state index in [-0.39, 0.29) is 6.09 Å². The number of hydrogen-bond acceptors (Lipinski definition) is 3. The predicted octanol–water partition coefficient (Wildman–Crippen LogP) is 2.72. The molecule has 0 radical (unpaired) electrons. The molecule has 1 saturated heterocycles. The Bertz CT molecular complexity index is 241. The largest absolute Gasteiger partial charge is 0.444 e. The lowest BCUT2D eigenvalue weighted by atomic mass is 10.2. The highest BCUT2D eigenvalue weighted by Crippen LogP contribution is 2.15. The summed E-state index contributed by atoms with van der Waals surface area (Å²) in [5.74, 6) is 0. The lowest BCUT2D eigenvalue weighted by Crippen LogP contribution is -2.42. The summed E-state index contributed by atoms with van der Waals surface area (Å²) in [6, 6.07) is 0.385. The molecule has 16 heavy (non-hydrogen) atoms. The number of rotatable bonds is 1. The highest BCUT2D eigenvalue weighted by molar-refractivity contribution is 14.1. The maximum Gasteiger partial charge on any atom is 0.410 e. The van der Waals surface area contributed by atoms with Gasteiger partial charge in [0.15, 0.2) is 0 Å². The molecule has 1 fully saturated rings. The van der Waals surface area contributed by atoms with Gasteiger partial charge in [0.2, 0.25) is 0 Å². The first-order chi connectivity index (χ1) is 7.42. The Hall–Kier alpha value is -0.0400. The summed E-state index contributed by atoms with van der Waals surface area (Å²) < 4.78 is 8.59. The first kappa shape index (κ1) is 14.0. The van der Waals surface area contributed by atoms with Crippen molar-refractivity contribution in [3.63, 3.8) is 0 Å². The van der Waals surface area contributed by atoms with Gasteiger partial charge in [0, 0.05) is 42.0 Å². The lowest BCUT2D eigenvalue weighted by molar-refractivity contribution is 0.0248. The standard InChI is InChI=1S/C11H21IN2O2/c1-11(2,3)16-10(15)14-7-5-4-6-9(8-14)13-12/h9,13H,4-8H2,1-3H3. The molecule has 5 heteroatoms. The van der Waals surface area contributed by atoms with Gasteiger partial charge >= 0.3 is 6.09 Å². The Labute approximate surface area is 112 Å². The van der Waals surface area contributed by atoms with Gasteiger partial charge in [-0.15, -0.1) is 0 Å². The molecule has 4 nitrogen and oxygen atoms in total. The van der Waals surface area contributed by atoms with Gasteiger partial charge in [-0.25, -0.2) is 4.79 Å². The highest BCUT2D eigenvalue weighted by atomic mass is 127. The topological polar surface area (TPSA) is 41.6 Å². The van der Waals surface area contributed by atoms with E-state index in [1.54, 1.807) is 0 Å². The van der Waals surface area contributed by atoms with Gasteiger partial charge in [0.25, 0.3) is 0 Å². The van der Waals surface area contributed by atoms with Crippen LogP contribution in [0.2, 0.25) is 0 Å². The Morgan fingerprint density at radius 3 is 2.69 bits per heavy atom. The van der Waals surface area contributed by atoms with E-state index in [4.69, 9.17) is 4.74 Å². The van der Waals surface area contributed by atoms with Gasteiger partial charge < -0.3 is 9.64 Å².